The molecule has 5 heteroatoms. The van der Waals surface area contributed by atoms with Crippen LogP contribution in [0.1, 0.15) is 15.2 Å². The van der Waals surface area contributed by atoms with E-state index in [0.717, 1.165) is 23.1 Å². The van der Waals surface area contributed by atoms with E-state index in [4.69, 9.17) is 0 Å². The molecular weight excluding hydrogens is 256 g/mol. The van der Waals surface area contributed by atoms with Gasteiger partial charge in [-0.1, -0.05) is 6.07 Å². The molecule has 1 aromatic carbocycles. The van der Waals surface area contributed by atoms with E-state index in [1.165, 1.54) is 16.2 Å². The van der Waals surface area contributed by atoms with Crippen LogP contribution in [-0.2, 0) is 6.54 Å². The van der Waals surface area contributed by atoms with E-state index in [1.807, 2.05) is 17.5 Å². The van der Waals surface area contributed by atoms with Gasteiger partial charge in [-0.3, -0.25) is 4.79 Å². The standard InChI is InChI=1S/C13H11F2NOS/c1-16(8-12-3-2-4-18-12)13(17)9-5-10(14)7-11(15)6-9/h2-7H,8H2,1H3. The van der Waals surface area contributed by atoms with E-state index in [2.05, 4.69) is 0 Å². The van der Waals surface area contributed by atoms with Crippen LogP contribution in [-0.4, -0.2) is 17.9 Å². The van der Waals surface area contributed by atoms with Gasteiger partial charge in [0.1, 0.15) is 11.6 Å². The number of carbonyl (C=O) groups is 1. The molecule has 0 bridgehead atoms. The largest absolute Gasteiger partial charge is 0.337 e. The van der Waals surface area contributed by atoms with Crippen LogP contribution in [0.4, 0.5) is 8.78 Å². The first kappa shape index (κ1) is 12.7. The van der Waals surface area contributed by atoms with Crippen molar-refractivity contribution in [3.8, 4) is 0 Å². The van der Waals surface area contributed by atoms with Crippen molar-refractivity contribution in [2.45, 2.75) is 6.54 Å². The van der Waals surface area contributed by atoms with Gasteiger partial charge in [0.05, 0.1) is 6.54 Å². The van der Waals surface area contributed by atoms with Crippen molar-refractivity contribution in [1.82, 2.24) is 4.90 Å². The highest BCUT2D eigenvalue weighted by molar-refractivity contribution is 7.09. The van der Waals surface area contributed by atoms with Crippen LogP contribution in [0.25, 0.3) is 0 Å². The molecule has 0 saturated carbocycles. The summed E-state index contributed by atoms with van der Waals surface area (Å²) in [6, 6.07) is 6.61. The van der Waals surface area contributed by atoms with Gasteiger partial charge in [-0.05, 0) is 23.6 Å². The molecule has 0 fully saturated rings. The normalized spacial score (nSPS) is 10.4. The lowest BCUT2D eigenvalue weighted by Crippen LogP contribution is -2.26. The van der Waals surface area contributed by atoms with Gasteiger partial charge in [0.15, 0.2) is 0 Å². The molecule has 0 aliphatic carbocycles. The van der Waals surface area contributed by atoms with Gasteiger partial charge < -0.3 is 4.90 Å². The van der Waals surface area contributed by atoms with E-state index in [-0.39, 0.29) is 5.56 Å². The molecule has 94 valence electrons. The molecule has 0 aliphatic rings. The number of hydrogen-bond acceptors (Lipinski definition) is 2. The zero-order valence-electron chi connectivity index (χ0n) is 9.69. The number of thiophene rings is 1. The Hall–Kier alpha value is -1.75. The minimum atomic E-state index is -0.747. The Labute approximate surface area is 107 Å². The Bertz CT molecular complexity index is 534. The second-order valence-corrected chi connectivity index (χ2v) is 4.93. The average molecular weight is 267 g/mol. The van der Waals surface area contributed by atoms with Crippen molar-refractivity contribution in [2.75, 3.05) is 7.05 Å². The summed E-state index contributed by atoms with van der Waals surface area (Å²) >= 11 is 1.53. The smallest absolute Gasteiger partial charge is 0.254 e. The first-order chi connectivity index (χ1) is 8.56. The molecular formula is C13H11F2NOS. The minimum Gasteiger partial charge on any atom is -0.337 e. The molecule has 1 heterocycles. The minimum absolute atomic E-state index is 0.0200. The maximum Gasteiger partial charge on any atom is 0.254 e. The highest BCUT2D eigenvalue weighted by atomic mass is 32.1. The predicted molar refractivity (Wildman–Crippen MR) is 66.5 cm³/mol. The summed E-state index contributed by atoms with van der Waals surface area (Å²) in [7, 11) is 1.60. The summed E-state index contributed by atoms with van der Waals surface area (Å²) in [6.07, 6.45) is 0. The van der Waals surface area contributed by atoms with E-state index in [0.29, 0.717) is 6.54 Å². The summed E-state index contributed by atoms with van der Waals surface area (Å²) < 4.78 is 26.0. The lowest BCUT2D eigenvalue weighted by Gasteiger charge is -2.16. The average Bonchev–Trinajstić information content (AvgIpc) is 2.79. The highest BCUT2D eigenvalue weighted by Gasteiger charge is 2.14. The predicted octanol–water partition coefficient (Wildman–Crippen LogP) is 3.30. The fraction of sp³-hybridized carbons (Fsp3) is 0.154. The number of hydrogen-bond donors (Lipinski definition) is 0. The number of carbonyl (C=O) groups excluding carboxylic acids is 1. The highest BCUT2D eigenvalue weighted by Crippen LogP contribution is 2.14. The van der Waals surface area contributed by atoms with Gasteiger partial charge in [-0.25, -0.2) is 8.78 Å². The molecule has 0 aliphatic heterocycles. The molecule has 1 amide bonds. The summed E-state index contributed by atoms with van der Waals surface area (Å²) in [6.45, 7) is 0.425. The Morgan fingerprint density at radius 2 is 1.94 bits per heavy atom. The van der Waals surface area contributed by atoms with Crippen LogP contribution in [0.15, 0.2) is 35.7 Å². The number of amides is 1. The van der Waals surface area contributed by atoms with Crippen molar-refractivity contribution >= 4 is 17.2 Å². The molecule has 0 atom stereocenters. The maximum absolute atomic E-state index is 13.0. The van der Waals surface area contributed by atoms with Crippen molar-refractivity contribution < 1.29 is 13.6 Å². The van der Waals surface area contributed by atoms with Crippen LogP contribution in [0.5, 0.6) is 0 Å². The molecule has 2 aromatic rings. The third-order valence-electron chi connectivity index (χ3n) is 2.43. The van der Waals surface area contributed by atoms with Crippen LogP contribution >= 0.6 is 11.3 Å². The summed E-state index contributed by atoms with van der Waals surface area (Å²) in [5.74, 6) is -1.90. The van der Waals surface area contributed by atoms with Gasteiger partial charge in [0.25, 0.3) is 5.91 Å². The Morgan fingerprint density at radius 1 is 1.28 bits per heavy atom. The van der Waals surface area contributed by atoms with Gasteiger partial charge in [-0.2, -0.15) is 0 Å². The van der Waals surface area contributed by atoms with E-state index in [1.54, 1.807) is 7.05 Å². The monoisotopic (exact) mass is 267 g/mol. The van der Waals surface area contributed by atoms with Crippen LogP contribution < -0.4 is 0 Å². The van der Waals surface area contributed by atoms with Crippen molar-refractivity contribution in [1.29, 1.82) is 0 Å². The van der Waals surface area contributed by atoms with Gasteiger partial charge in [-0.15, -0.1) is 11.3 Å². The van der Waals surface area contributed by atoms with Crippen molar-refractivity contribution in [2.24, 2.45) is 0 Å². The molecule has 0 N–H and O–H groups in total. The topological polar surface area (TPSA) is 20.3 Å². The van der Waals surface area contributed by atoms with E-state index >= 15 is 0 Å². The molecule has 0 spiro atoms. The van der Waals surface area contributed by atoms with Gasteiger partial charge >= 0.3 is 0 Å². The molecule has 2 nitrogen and oxygen atoms in total. The second kappa shape index (κ2) is 5.27. The second-order valence-electron chi connectivity index (χ2n) is 3.90. The zero-order valence-corrected chi connectivity index (χ0v) is 10.5. The number of halogens is 2. The van der Waals surface area contributed by atoms with Crippen molar-refractivity contribution in [3.05, 3.63) is 57.8 Å². The maximum atomic E-state index is 13.0. The lowest BCUT2D eigenvalue weighted by atomic mass is 10.2. The first-order valence-corrected chi connectivity index (χ1v) is 6.18. The van der Waals surface area contributed by atoms with Gasteiger partial charge in [0.2, 0.25) is 0 Å². The fourth-order valence-electron chi connectivity index (χ4n) is 1.61. The zero-order chi connectivity index (χ0) is 13.1. The Morgan fingerprint density at radius 3 is 2.50 bits per heavy atom. The summed E-state index contributed by atoms with van der Waals surface area (Å²) in [5.41, 5.74) is 0.0200. The third-order valence-corrected chi connectivity index (χ3v) is 3.29. The lowest BCUT2D eigenvalue weighted by molar-refractivity contribution is 0.0785. The van der Waals surface area contributed by atoms with Crippen LogP contribution in [0.3, 0.4) is 0 Å². The van der Waals surface area contributed by atoms with Crippen molar-refractivity contribution in [3.63, 3.8) is 0 Å². The summed E-state index contributed by atoms with van der Waals surface area (Å²) in [4.78, 5) is 14.4. The molecule has 0 radical (unpaired) electrons. The third kappa shape index (κ3) is 2.92. The van der Waals surface area contributed by atoms with Crippen LogP contribution in [0, 0.1) is 11.6 Å². The molecule has 1 aromatic heterocycles. The molecule has 0 saturated heterocycles. The number of nitrogens with zero attached hydrogens (tertiary/aromatic N) is 1. The first-order valence-electron chi connectivity index (χ1n) is 5.30. The van der Waals surface area contributed by atoms with Crippen LogP contribution in [0.2, 0.25) is 0 Å². The van der Waals surface area contributed by atoms with E-state index in [9.17, 15) is 13.6 Å². The number of benzene rings is 1. The Balaban J connectivity index is 2.15. The van der Waals surface area contributed by atoms with E-state index < -0.39 is 17.5 Å². The SMILES string of the molecule is CN(Cc1cccs1)C(=O)c1cc(F)cc(F)c1. The quantitative estimate of drug-likeness (QED) is 0.835. The van der Waals surface area contributed by atoms with Gasteiger partial charge in [0, 0.05) is 23.6 Å². The molecule has 2 rings (SSSR count). The molecule has 18 heavy (non-hydrogen) atoms. The molecule has 0 unspecified atom stereocenters. The summed E-state index contributed by atoms with van der Waals surface area (Å²) in [5, 5.41) is 1.91. The Kier molecular flexibility index (Phi) is 3.72. The number of rotatable bonds is 3. The fourth-order valence-corrected chi connectivity index (χ4v) is 2.36.